The number of aromatic nitrogens is 2. The van der Waals surface area contributed by atoms with Crippen LogP contribution in [0.2, 0.25) is 5.02 Å². The second-order valence-electron chi connectivity index (χ2n) is 8.65. The van der Waals surface area contributed by atoms with Gasteiger partial charge < -0.3 is 25.2 Å². The zero-order chi connectivity index (χ0) is 26.4. The minimum absolute atomic E-state index is 0.246. The van der Waals surface area contributed by atoms with E-state index in [1.807, 2.05) is 49.1 Å². The van der Waals surface area contributed by atoms with Crippen molar-refractivity contribution in [3.63, 3.8) is 0 Å². The summed E-state index contributed by atoms with van der Waals surface area (Å²) >= 11 is 6.50. The molecular formula is C28H29ClN6O2. The van der Waals surface area contributed by atoms with Gasteiger partial charge in [0.15, 0.2) is 5.82 Å². The van der Waals surface area contributed by atoms with Crippen LogP contribution in [0.25, 0.3) is 10.8 Å². The Morgan fingerprint density at radius 3 is 2.57 bits per heavy atom. The van der Waals surface area contributed by atoms with E-state index in [9.17, 15) is 4.79 Å². The zero-order valence-corrected chi connectivity index (χ0v) is 22.0. The van der Waals surface area contributed by atoms with E-state index in [-0.39, 0.29) is 5.91 Å². The molecule has 3 aromatic carbocycles. The van der Waals surface area contributed by atoms with Crippen LogP contribution in [0, 0.1) is 0 Å². The van der Waals surface area contributed by atoms with E-state index < -0.39 is 0 Å². The molecule has 4 aromatic rings. The highest BCUT2D eigenvalue weighted by atomic mass is 35.5. The number of nitrogens with one attached hydrogen (secondary N) is 2. The summed E-state index contributed by atoms with van der Waals surface area (Å²) in [5.74, 6) is 1.23. The maximum Gasteiger partial charge on any atom is 0.248 e. The largest absolute Gasteiger partial charge is 0.497 e. The lowest BCUT2D eigenvalue weighted by Crippen LogP contribution is -2.14. The minimum Gasteiger partial charge on any atom is -0.497 e. The molecule has 9 heteroatoms. The molecule has 0 bridgehead atoms. The number of carbonyl (C=O) groups excluding carboxylic acids is 1. The van der Waals surface area contributed by atoms with E-state index in [2.05, 4.69) is 44.9 Å². The van der Waals surface area contributed by atoms with Crippen LogP contribution in [0.4, 0.5) is 28.8 Å². The zero-order valence-electron chi connectivity index (χ0n) is 21.2. The van der Waals surface area contributed by atoms with Crippen LogP contribution in [0.1, 0.15) is 0 Å². The molecule has 4 rings (SSSR count). The van der Waals surface area contributed by atoms with E-state index in [0.29, 0.717) is 40.5 Å². The average Bonchev–Trinajstić information content (AvgIpc) is 2.89. The van der Waals surface area contributed by atoms with Crippen LogP contribution < -0.4 is 20.3 Å². The molecule has 0 aliphatic heterocycles. The highest BCUT2D eigenvalue weighted by Crippen LogP contribution is 2.33. The third kappa shape index (κ3) is 6.55. The van der Waals surface area contributed by atoms with Gasteiger partial charge in [0, 0.05) is 31.4 Å². The SMILES string of the molecule is COc1ccc(NC(=O)/C=C/CN(C)C)c(Nc2ncc(Cl)c(N(C)c3ccc4ccccc4c3)n2)c1. The second kappa shape index (κ2) is 11.7. The quantitative estimate of drug-likeness (QED) is 0.270. The Labute approximate surface area is 221 Å². The lowest BCUT2D eigenvalue weighted by atomic mass is 10.1. The summed E-state index contributed by atoms with van der Waals surface area (Å²) in [6.07, 6.45) is 4.85. The lowest BCUT2D eigenvalue weighted by Gasteiger charge is -2.21. The van der Waals surface area contributed by atoms with Gasteiger partial charge in [0.05, 0.1) is 24.7 Å². The number of methoxy groups -OCH3 is 1. The number of ether oxygens (including phenoxy) is 1. The third-order valence-corrected chi connectivity index (χ3v) is 5.90. The Balaban J connectivity index is 1.60. The molecule has 0 aliphatic rings. The molecule has 8 nitrogen and oxygen atoms in total. The number of rotatable bonds is 9. The first-order valence-corrected chi connectivity index (χ1v) is 12.0. The highest BCUT2D eigenvalue weighted by Gasteiger charge is 2.15. The molecule has 0 saturated carbocycles. The van der Waals surface area contributed by atoms with Gasteiger partial charge in [-0.15, -0.1) is 0 Å². The molecule has 1 heterocycles. The number of halogens is 1. The van der Waals surface area contributed by atoms with Gasteiger partial charge in [-0.3, -0.25) is 4.79 Å². The fourth-order valence-electron chi connectivity index (χ4n) is 3.69. The topological polar surface area (TPSA) is 82.6 Å². The van der Waals surface area contributed by atoms with Gasteiger partial charge >= 0.3 is 0 Å². The lowest BCUT2D eigenvalue weighted by molar-refractivity contribution is -0.111. The van der Waals surface area contributed by atoms with Crippen LogP contribution in [0.3, 0.4) is 0 Å². The molecule has 1 amide bonds. The van der Waals surface area contributed by atoms with Crippen LogP contribution in [-0.4, -0.2) is 55.6 Å². The predicted octanol–water partition coefficient (Wildman–Crippen LogP) is 5.86. The van der Waals surface area contributed by atoms with Gasteiger partial charge in [-0.05, 0) is 49.1 Å². The fraction of sp³-hybridized carbons (Fsp3) is 0.179. The molecule has 2 N–H and O–H groups in total. The highest BCUT2D eigenvalue weighted by molar-refractivity contribution is 6.33. The molecule has 0 spiro atoms. The van der Waals surface area contributed by atoms with E-state index in [1.165, 1.54) is 6.08 Å². The van der Waals surface area contributed by atoms with Crippen molar-refractivity contribution < 1.29 is 9.53 Å². The monoisotopic (exact) mass is 516 g/mol. The number of anilines is 5. The average molecular weight is 517 g/mol. The number of amides is 1. The Morgan fingerprint density at radius 1 is 1.03 bits per heavy atom. The summed E-state index contributed by atoms with van der Waals surface area (Å²) in [5, 5.41) is 8.77. The molecule has 0 radical (unpaired) electrons. The Hall–Kier alpha value is -4.14. The molecule has 190 valence electrons. The number of benzene rings is 3. The summed E-state index contributed by atoms with van der Waals surface area (Å²) in [6.45, 7) is 0.660. The maximum atomic E-state index is 12.5. The van der Waals surface area contributed by atoms with Crippen molar-refractivity contribution in [2.75, 3.05) is 50.3 Å². The van der Waals surface area contributed by atoms with Gasteiger partial charge in [-0.25, -0.2) is 4.98 Å². The first-order valence-electron chi connectivity index (χ1n) is 11.7. The number of hydrogen-bond acceptors (Lipinski definition) is 7. The van der Waals surface area contributed by atoms with Crippen LogP contribution in [-0.2, 0) is 4.79 Å². The van der Waals surface area contributed by atoms with Crippen molar-refractivity contribution in [2.45, 2.75) is 0 Å². The fourth-order valence-corrected chi connectivity index (χ4v) is 3.91. The standard InChI is InChI=1S/C28H29ClN6O2/c1-34(2)15-7-10-26(36)31-24-14-13-22(37-4)17-25(24)32-28-30-18-23(29)27(33-28)35(3)21-12-11-19-8-5-6-9-20(19)16-21/h5-14,16-18H,15H2,1-4H3,(H,31,36)(H,30,32,33)/b10-7+. The van der Waals surface area contributed by atoms with E-state index in [1.54, 1.807) is 37.6 Å². The maximum absolute atomic E-state index is 12.5. The predicted molar refractivity (Wildman–Crippen MR) is 152 cm³/mol. The molecule has 0 unspecified atom stereocenters. The van der Waals surface area contributed by atoms with Crippen LogP contribution >= 0.6 is 11.6 Å². The summed E-state index contributed by atoms with van der Waals surface area (Å²) in [4.78, 5) is 25.4. The second-order valence-corrected chi connectivity index (χ2v) is 9.05. The molecule has 0 fully saturated rings. The first-order chi connectivity index (χ1) is 17.8. The van der Waals surface area contributed by atoms with Crippen molar-refractivity contribution in [3.05, 3.63) is 84.0 Å². The summed E-state index contributed by atoms with van der Waals surface area (Å²) < 4.78 is 5.38. The van der Waals surface area contributed by atoms with Crippen LogP contribution in [0.5, 0.6) is 5.75 Å². The first kappa shape index (κ1) is 25.9. The Morgan fingerprint density at radius 2 is 1.81 bits per heavy atom. The summed E-state index contributed by atoms with van der Waals surface area (Å²) in [5.41, 5.74) is 2.07. The van der Waals surface area contributed by atoms with Gasteiger partial charge in [-0.1, -0.05) is 48.0 Å². The number of fused-ring (bicyclic) bond motifs is 1. The molecule has 0 atom stereocenters. The van der Waals surface area contributed by atoms with Crippen molar-refractivity contribution in [3.8, 4) is 5.75 Å². The van der Waals surface area contributed by atoms with Crippen molar-refractivity contribution in [2.24, 2.45) is 0 Å². The van der Waals surface area contributed by atoms with E-state index in [0.717, 1.165) is 16.5 Å². The van der Waals surface area contributed by atoms with Gasteiger partial charge in [0.1, 0.15) is 10.8 Å². The molecule has 0 saturated heterocycles. The molecule has 0 aliphatic carbocycles. The summed E-state index contributed by atoms with van der Waals surface area (Å²) in [6, 6.07) is 19.6. The molecule has 37 heavy (non-hydrogen) atoms. The van der Waals surface area contributed by atoms with Crippen molar-refractivity contribution in [1.29, 1.82) is 0 Å². The molecular weight excluding hydrogens is 488 g/mol. The Bertz CT molecular complexity index is 1440. The molecule has 1 aromatic heterocycles. The van der Waals surface area contributed by atoms with Crippen molar-refractivity contribution >= 4 is 57.1 Å². The van der Waals surface area contributed by atoms with Gasteiger partial charge in [-0.2, -0.15) is 4.98 Å². The van der Waals surface area contributed by atoms with Gasteiger partial charge in [0.2, 0.25) is 11.9 Å². The normalized spacial score (nSPS) is 11.2. The Kier molecular flexibility index (Phi) is 8.22. The van der Waals surface area contributed by atoms with Gasteiger partial charge in [0.25, 0.3) is 0 Å². The minimum atomic E-state index is -0.246. The van der Waals surface area contributed by atoms with Crippen molar-refractivity contribution in [1.82, 2.24) is 14.9 Å². The third-order valence-electron chi connectivity index (χ3n) is 5.63. The number of carbonyl (C=O) groups is 1. The number of nitrogens with zero attached hydrogens (tertiary/aromatic N) is 4. The van der Waals surface area contributed by atoms with E-state index in [4.69, 9.17) is 16.3 Å². The number of likely N-dealkylation sites (N-methyl/N-ethyl adjacent to an activating group) is 1. The van der Waals surface area contributed by atoms with E-state index >= 15 is 0 Å². The number of hydrogen-bond donors (Lipinski definition) is 2. The summed E-state index contributed by atoms with van der Waals surface area (Å²) in [7, 11) is 7.35. The smallest absolute Gasteiger partial charge is 0.248 e. The van der Waals surface area contributed by atoms with Crippen LogP contribution in [0.15, 0.2) is 79.0 Å².